The molecule has 0 heterocycles. The molecule has 1 rings (SSSR count). The van der Waals surface area contributed by atoms with E-state index in [1.54, 1.807) is 0 Å². The molecular weight excluding hydrogens is 401 g/mol. The maximum Gasteiger partial charge on any atom is 0.468 e. The zero-order valence-electron chi connectivity index (χ0n) is 16.6. The average molecular weight is 427 g/mol. The van der Waals surface area contributed by atoms with E-state index in [-0.39, 0.29) is 18.0 Å². The molecule has 0 spiro atoms. The van der Waals surface area contributed by atoms with Gasteiger partial charge < -0.3 is 10.6 Å². The van der Waals surface area contributed by atoms with Crippen LogP contribution in [-0.4, -0.2) is 28.9 Å². The summed E-state index contributed by atoms with van der Waals surface area (Å²) in [5, 5.41) is 15.9. The molecule has 0 saturated carbocycles. The van der Waals surface area contributed by atoms with Crippen molar-refractivity contribution in [2.45, 2.75) is 58.6 Å². The smallest absolute Gasteiger partial charge is 0.342 e. The van der Waals surface area contributed by atoms with E-state index in [1.165, 1.54) is 24.3 Å². The molecule has 160 valence electrons. The monoisotopic (exact) mass is 427 g/mol. The van der Waals surface area contributed by atoms with Gasteiger partial charge in [0, 0.05) is 17.8 Å². The van der Waals surface area contributed by atoms with Gasteiger partial charge in [0.2, 0.25) is 5.91 Å². The predicted molar refractivity (Wildman–Crippen MR) is 106 cm³/mol. The lowest BCUT2D eigenvalue weighted by Gasteiger charge is -2.22. The maximum absolute atomic E-state index is 12.6. The Hall–Kier alpha value is -2.58. The van der Waals surface area contributed by atoms with Crippen molar-refractivity contribution < 1.29 is 28.2 Å². The quantitative estimate of drug-likeness (QED) is 0.294. The van der Waals surface area contributed by atoms with Gasteiger partial charge in [0.1, 0.15) is 6.04 Å². The fourth-order valence-electron chi connectivity index (χ4n) is 2.59. The van der Waals surface area contributed by atoms with Crippen LogP contribution in [0.25, 0.3) is 0 Å². The van der Waals surface area contributed by atoms with E-state index in [2.05, 4.69) is 10.6 Å². The van der Waals surface area contributed by atoms with Crippen molar-refractivity contribution in [3.05, 3.63) is 34.4 Å². The second-order valence-electron chi connectivity index (χ2n) is 6.94. The lowest BCUT2D eigenvalue weighted by atomic mass is 10.0. The van der Waals surface area contributed by atoms with Crippen LogP contribution in [0.1, 0.15) is 46.5 Å². The molecule has 10 nitrogen and oxygen atoms in total. The summed E-state index contributed by atoms with van der Waals surface area (Å²) in [5.74, 6) is -1.13. The molecule has 2 amide bonds. The molecule has 0 bridgehead atoms. The summed E-state index contributed by atoms with van der Waals surface area (Å²) in [6.07, 6.45) is 0.667. The number of amides is 2. The number of non-ortho nitro benzene ring substituents is 1. The highest BCUT2D eigenvalue weighted by Crippen LogP contribution is 2.18. The highest BCUT2D eigenvalue weighted by atomic mass is 31.1. The standard InChI is InChI=1S/C18H26N3O7P/c1-4-5-6-16(28-29(26)27)18(23)20-15(11-12(2)3)17(22)19-13-7-9-14(10-8-13)21(24)25/h7-10,12,15-16H,4-6,11H2,1-3H3,(H,19,22)(H,20,23)/t15-,16-/m0/s1. The number of nitro benzene ring substituents is 1. The van der Waals surface area contributed by atoms with Gasteiger partial charge in [-0.2, -0.15) is 0 Å². The number of carbonyl (C=O) groups excluding carboxylic acids is 2. The highest BCUT2D eigenvalue weighted by molar-refractivity contribution is 7.24. The molecule has 0 aliphatic heterocycles. The van der Waals surface area contributed by atoms with Crippen LogP contribution < -0.4 is 10.6 Å². The first-order valence-corrected chi connectivity index (χ1v) is 10.4. The van der Waals surface area contributed by atoms with E-state index in [1.807, 2.05) is 20.8 Å². The highest BCUT2D eigenvalue weighted by Gasteiger charge is 2.28. The number of hydrogen-bond donors (Lipinski definition) is 2. The summed E-state index contributed by atoms with van der Waals surface area (Å²) >= 11 is 0. The summed E-state index contributed by atoms with van der Waals surface area (Å²) in [5.41, 5.74) is 0.225. The molecule has 2 N–H and O–H groups in total. The number of carbonyl (C=O) groups is 2. The second kappa shape index (κ2) is 12.1. The molecule has 29 heavy (non-hydrogen) atoms. The van der Waals surface area contributed by atoms with Crippen LogP contribution >= 0.6 is 7.91 Å². The molecule has 0 aliphatic carbocycles. The van der Waals surface area contributed by atoms with Crippen LogP contribution in [0.4, 0.5) is 11.4 Å². The molecule has 0 fully saturated rings. The minimum atomic E-state index is -3.21. The van der Waals surface area contributed by atoms with Crippen molar-refractivity contribution in [3.8, 4) is 0 Å². The van der Waals surface area contributed by atoms with E-state index < -0.39 is 36.8 Å². The van der Waals surface area contributed by atoms with E-state index in [0.717, 1.165) is 6.42 Å². The number of anilines is 1. The lowest BCUT2D eigenvalue weighted by Crippen LogP contribution is -2.48. The Morgan fingerprint density at radius 1 is 1.17 bits per heavy atom. The van der Waals surface area contributed by atoms with Crippen LogP contribution in [0, 0.1) is 16.0 Å². The lowest BCUT2D eigenvalue weighted by molar-refractivity contribution is -0.384. The normalized spacial score (nSPS) is 12.8. The van der Waals surface area contributed by atoms with Crippen molar-refractivity contribution in [2.24, 2.45) is 5.92 Å². The average Bonchev–Trinajstić information content (AvgIpc) is 2.64. The van der Waals surface area contributed by atoms with Crippen LogP contribution in [0.15, 0.2) is 24.3 Å². The number of nitrogens with one attached hydrogen (secondary N) is 2. The zero-order chi connectivity index (χ0) is 22.0. The summed E-state index contributed by atoms with van der Waals surface area (Å²) in [7, 11) is -3.21. The Bertz CT molecular complexity index is 770. The molecule has 0 unspecified atom stereocenters. The fourth-order valence-corrected chi connectivity index (χ4v) is 3.00. The third-order valence-corrected chi connectivity index (χ3v) is 4.44. The minimum Gasteiger partial charge on any atom is -0.342 e. The number of nitro groups is 1. The maximum atomic E-state index is 12.6. The van der Waals surface area contributed by atoms with Crippen LogP contribution in [0.2, 0.25) is 0 Å². The molecular formula is C18H26N3O7P. The number of benzene rings is 1. The molecule has 1 aromatic carbocycles. The van der Waals surface area contributed by atoms with Crippen molar-refractivity contribution in [1.29, 1.82) is 0 Å². The van der Waals surface area contributed by atoms with Crippen molar-refractivity contribution in [3.63, 3.8) is 0 Å². The number of unbranched alkanes of at least 4 members (excludes halogenated alkanes) is 1. The van der Waals surface area contributed by atoms with Crippen molar-refractivity contribution >= 4 is 31.1 Å². The third kappa shape index (κ3) is 8.97. The minimum absolute atomic E-state index is 0.0639. The molecule has 0 saturated heterocycles. The van der Waals surface area contributed by atoms with Gasteiger partial charge in [0.05, 0.1) is 4.92 Å². The number of nitrogens with zero attached hydrogens (tertiary/aromatic N) is 1. The van der Waals surface area contributed by atoms with Crippen molar-refractivity contribution in [2.75, 3.05) is 5.32 Å². The van der Waals surface area contributed by atoms with Gasteiger partial charge in [0.15, 0.2) is 6.10 Å². The van der Waals surface area contributed by atoms with Gasteiger partial charge in [-0.05, 0) is 30.9 Å². The van der Waals surface area contributed by atoms with Crippen LogP contribution in [-0.2, 0) is 23.2 Å². The summed E-state index contributed by atoms with van der Waals surface area (Å²) < 4.78 is 26.5. The zero-order valence-corrected chi connectivity index (χ0v) is 17.5. The second-order valence-corrected chi connectivity index (χ2v) is 7.60. The van der Waals surface area contributed by atoms with E-state index in [0.29, 0.717) is 18.5 Å². The largest absolute Gasteiger partial charge is 0.468 e. The Morgan fingerprint density at radius 3 is 2.28 bits per heavy atom. The Balaban J connectivity index is 2.89. The van der Waals surface area contributed by atoms with Crippen LogP contribution in [0.3, 0.4) is 0 Å². The van der Waals surface area contributed by atoms with Crippen molar-refractivity contribution in [1.82, 2.24) is 5.32 Å². The van der Waals surface area contributed by atoms with E-state index in [9.17, 15) is 28.8 Å². The molecule has 11 heteroatoms. The fraction of sp³-hybridized carbons (Fsp3) is 0.556. The SMILES string of the molecule is CCCC[C@H](OP(=O)=O)C(=O)N[C@@H](CC(C)C)C(=O)Nc1ccc([N+](=O)[O-])cc1. The van der Waals surface area contributed by atoms with Gasteiger partial charge in [-0.1, -0.05) is 33.6 Å². The number of rotatable bonds is 12. The van der Waals surface area contributed by atoms with Gasteiger partial charge in [-0.15, -0.1) is 0 Å². The van der Waals surface area contributed by atoms with Gasteiger partial charge in [0.25, 0.3) is 11.6 Å². The number of hydrogen-bond acceptors (Lipinski definition) is 7. The van der Waals surface area contributed by atoms with Gasteiger partial charge in [-0.25, -0.2) is 9.13 Å². The Labute approximate surface area is 169 Å². The third-order valence-electron chi connectivity index (χ3n) is 4.01. The Kier molecular flexibility index (Phi) is 10.2. The molecule has 0 radical (unpaired) electrons. The van der Waals surface area contributed by atoms with E-state index in [4.69, 9.17) is 4.52 Å². The van der Waals surface area contributed by atoms with Gasteiger partial charge in [-0.3, -0.25) is 24.2 Å². The van der Waals surface area contributed by atoms with Crippen LogP contribution in [0.5, 0.6) is 0 Å². The van der Waals surface area contributed by atoms with E-state index >= 15 is 0 Å². The molecule has 1 aromatic rings. The molecule has 0 aromatic heterocycles. The predicted octanol–water partition coefficient (Wildman–Crippen LogP) is 3.73. The first-order valence-electron chi connectivity index (χ1n) is 9.30. The topological polar surface area (TPSA) is 145 Å². The summed E-state index contributed by atoms with van der Waals surface area (Å²) in [4.78, 5) is 35.3. The van der Waals surface area contributed by atoms with Gasteiger partial charge >= 0.3 is 7.91 Å². The summed E-state index contributed by atoms with van der Waals surface area (Å²) in [6, 6.07) is 4.37. The summed E-state index contributed by atoms with van der Waals surface area (Å²) in [6.45, 7) is 5.64. The molecule has 0 aliphatic rings. The Morgan fingerprint density at radius 2 is 1.79 bits per heavy atom. The molecule has 2 atom stereocenters. The first-order chi connectivity index (χ1) is 13.6. The first kappa shape index (κ1) is 24.5.